The van der Waals surface area contributed by atoms with Crippen LogP contribution in [0.25, 0.3) is 0 Å². The fraction of sp³-hybridized carbons (Fsp3) is 0.333. The molecule has 3 nitrogen and oxygen atoms in total. The quantitative estimate of drug-likeness (QED) is 0.457. The zero-order valence-corrected chi connectivity index (χ0v) is 7.12. The standard InChI is InChI=1S/C9H14N2O/c1-7(12)11-6-8-3-2-4-9(10)5-8/h2-5,7,11-12H,6,10H2,1H3. The number of benzene rings is 1. The molecular weight excluding hydrogens is 152 g/mol. The third-order valence-electron chi connectivity index (χ3n) is 1.55. The predicted molar refractivity (Wildman–Crippen MR) is 49.4 cm³/mol. The molecule has 12 heavy (non-hydrogen) atoms. The predicted octanol–water partition coefficient (Wildman–Crippen LogP) is 0.697. The maximum absolute atomic E-state index is 8.94. The Kier molecular flexibility index (Phi) is 3.08. The highest BCUT2D eigenvalue weighted by molar-refractivity contribution is 5.40. The van der Waals surface area contributed by atoms with Crippen LogP contribution in [-0.2, 0) is 6.54 Å². The molecule has 1 rings (SSSR count). The highest BCUT2D eigenvalue weighted by atomic mass is 16.3. The van der Waals surface area contributed by atoms with Gasteiger partial charge >= 0.3 is 0 Å². The van der Waals surface area contributed by atoms with Gasteiger partial charge < -0.3 is 10.8 Å². The summed E-state index contributed by atoms with van der Waals surface area (Å²) in [4.78, 5) is 0. The summed E-state index contributed by atoms with van der Waals surface area (Å²) in [6.45, 7) is 2.33. The molecule has 0 aliphatic carbocycles. The van der Waals surface area contributed by atoms with E-state index in [0.717, 1.165) is 11.3 Å². The number of hydrogen-bond donors (Lipinski definition) is 3. The molecule has 0 aromatic heterocycles. The van der Waals surface area contributed by atoms with Crippen LogP contribution in [0.4, 0.5) is 5.69 Å². The molecule has 0 aliphatic heterocycles. The van der Waals surface area contributed by atoms with Gasteiger partial charge in [0.1, 0.15) is 6.23 Å². The third-order valence-corrected chi connectivity index (χ3v) is 1.55. The summed E-state index contributed by atoms with van der Waals surface area (Å²) in [6.07, 6.45) is -0.480. The van der Waals surface area contributed by atoms with Gasteiger partial charge in [0.2, 0.25) is 0 Å². The van der Waals surface area contributed by atoms with Gasteiger partial charge in [-0.3, -0.25) is 5.32 Å². The van der Waals surface area contributed by atoms with Crippen molar-refractivity contribution < 1.29 is 5.11 Å². The summed E-state index contributed by atoms with van der Waals surface area (Å²) < 4.78 is 0. The van der Waals surface area contributed by atoms with Crippen molar-refractivity contribution in [2.24, 2.45) is 0 Å². The van der Waals surface area contributed by atoms with Crippen molar-refractivity contribution in [1.29, 1.82) is 0 Å². The second-order valence-electron chi connectivity index (χ2n) is 2.80. The number of nitrogen functional groups attached to an aromatic ring is 1. The minimum Gasteiger partial charge on any atom is -0.399 e. The molecule has 1 aromatic rings. The first-order valence-corrected chi connectivity index (χ1v) is 3.94. The van der Waals surface area contributed by atoms with Crippen molar-refractivity contribution >= 4 is 5.69 Å². The van der Waals surface area contributed by atoms with Crippen LogP contribution in [0.3, 0.4) is 0 Å². The Morgan fingerprint density at radius 2 is 2.33 bits per heavy atom. The fourth-order valence-electron chi connectivity index (χ4n) is 0.969. The van der Waals surface area contributed by atoms with Crippen LogP contribution < -0.4 is 11.1 Å². The molecule has 0 radical (unpaired) electrons. The summed E-state index contributed by atoms with van der Waals surface area (Å²) >= 11 is 0. The van der Waals surface area contributed by atoms with E-state index in [0.29, 0.717) is 6.54 Å². The minimum absolute atomic E-state index is 0.480. The van der Waals surface area contributed by atoms with E-state index in [4.69, 9.17) is 10.8 Å². The molecule has 4 N–H and O–H groups in total. The summed E-state index contributed by atoms with van der Waals surface area (Å²) in [7, 11) is 0. The number of hydrogen-bond acceptors (Lipinski definition) is 3. The first kappa shape index (κ1) is 9.03. The number of nitrogens with one attached hydrogen (secondary N) is 1. The van der Waals surface area contributed by atoms with Crippen LogP contribution in [0.5, 0.6) is 0 Å². The van der Waals surface area contributed by atoms with Gasteiger partial charge in [0.05, 0.1) is 0 Å². The van der Waals surface area contributed by atoms with Crippen molar-refractivity contribution in [3.63, 3.8) is 0 Å². The maximum atomic E-state index is 8.94. The van der Waals surface area contributed by atoms with E-state index in [2.05, 4.69) is 5.32 Å². The van der Waals surface area contributed by atoms with Crippen LogP contribution in [0, 0.1) is 0 Å². The van der Waals surface area contributed by atoms with Crippen LogP contribution in [-0.4, -0.2) is 11.3 Å². The van der Waals surface area contributed by atoms with Gasteiger partial charge in [0.15, 0.2) is 0 Å². The first-order valence-electron chi connectivity index (χ1n) is 3.94. The summed E-state index contributed by atoms with van der Waals surface area (Å²) in [5.41, 5.74) is 7.40. The third kappa shape index (κ3) is 2.90. The number of anilines is 1. The van der Waals surface area contributed by atoms with E-state index in [1.54, 1.807) is 6.92 Å². The summed E-state index contributed by atoms with van der Waals surface area (Å²) in [6, 6.07) is 7.58. The molecular formula is C9H14N2O. The average molecular weight is 166 g/mol. The van der Waals surface area contributed by atoms with Gasteiger partial charge in [0, 0.05) is 12.2 Å². The van der Waals surface area contributed by atoms with Gasteiger partial charge in [-0.2, -0.15) is 0 Å². The van der Waals surface area contributed by atoms with Crippen molar-refractivity contribution in [2.75, 3.05) is 5.73 Å². The van der Waals surface area contributed by atoms with Gasteiger partial charge in [0.25, 0.3) is 0 Å². The van der Waals surface area contributed by atoms with E-state index in [1.165, 1.54) is 0 Å². The van der Waals surface area contributed by atoms with Crippen molar-refractivity contribution in [2.45, 2.75) is 19.7 Å². The largest absolute Gasteiger partial charge is 0.399 e. The molecule has 0 bridgehead atoms. The molecule has 0 saturated heterocycles. The van der Waals surface area contributed by atoms with E-state index < -0.39 is 6.23 Å². The molecule has 1 aromatic carbocycles. The number of aliphatic hydroxyl groups is 1. The van der Waals surface area contributed by atoms with E-state index in [9.17, 15) is 0 Å². The molecule has 0 aliphatic rings. The highest BCUT2D eigenvalue weighted by Crippen LogP contribution is 2.05. The zero-order chi connectivity index (χ0) is 8.97. The molecule has 0 fully saturated rings. The van der Waals surface area contributed by atoms with E-state index in [1.807, 2.05) is 24.3 Å². The first-order chi connectivity index (χ1) is 5.68. The van der Waals surface area contributed by atoms with Crippen LogP contribution in [0.1, 0.15) is 12.5 Å². The molecule has 66 valence electrons. The maximum Gasteiger partial charge on any atom is 0.102 e. The highest BCUT2D eigenvalue weighted by Gasteiger charge is 1.95. The Balaban J connectivity index is 2.52. The van der Waals surface area contributed by atoms with Gasteiger partial charge in [-0.25, -0.2) is 0 Å². The Hall–Kier alpha value is -1.06. The molecule has 0 heterocycles. The van der Waals surface area contributed by atoms with Crippen LogP contribution in [0.15, 0.2) is 24.3 Å². The number of aliphatic hydroxyl groups excluding tert-OH is 1. The normalized spacial score (nSPS) is 12.8. The van der Waals surface area contributed by atoms with E-state index in [-0.39, 0.29) is 0 Å². The van der Waals surface area contributed by atoms with Crippen molar-refractivity contribution in [1.82, 2.24) is 5.32 Å². The number of nitrogens with two attached hydrogens (primary N) is 1. The Bertz CT molecular complexity index is 248. The molecule has 0 amide bonds. The lowest BCUT2D eigenvalue weighted by Crippen LogP contribution is -2.24. The van der Waals surface area contributed by atoms with E-state index >= 15 is 0 Å². The molecule has 1 atom stereocenters. The molecule has 3 heteroatoms. The van der Waals surface area contributed by atoms with Crippen molar-refractivity contribution in [3.8, 4) is 0 Å². The van der Waals surface area contributed by atoms with Crippen LogP contribution in [0.2, 0.25) is 0 Å². The second kappa shape index (κ2) is 4.09. The monoisotopic (exact) mass is 166 g/mol. The Morgan fingerprint density at radius 3 is 2.92 bits per heavy atom. The number of rotatable bonds is 3. The zero-order valence-electron chi connectivity index (χ0n) is 7.12. The Morgan fingerprint density at radius 1 is 1.58 bits per heavy atom. The molecule has 1 unspecified atom stereocenters. The van der Waals surface area contributed by atoms with Gasteiger partial charge in [-0.05, 0) is 24.6 Å². The van der Waals surface area contributed by atoms with Gasteiger partial charge in [-0.15, -0.1) is 0 Å². The lowest BCUT2D eigenvalue weighted by molar-refractivity contribution is 0.155. The lowest BCUT2D eigenvalue weighted by Gasteiger charge is -2.07. The molecule has 0 spiro atoms. The average Bonchev–Trinajstić information content (AvgIpc) is 2.01. The Labute approximate surface area is 72.2 Å². The topological polar surface area (TPSA) is 58.3 Å². The lowest BCUT2D eigenvalue weighted by atomic mass is 10.2. The van der Waals surface area contributed by atoms with Gasteiger partial charge in [-0.1, -0.05) is 12.1 Å². The summed E-state index contributed by atoms with van der Waals surface area (Å²) in [5.74, 6) is 0. The second-order valence-corrected chi connectivity index (χ2v) is 2.80. The SMILES string of the molecule is CC(O)NCc1cccc(N)c1. The fourth-order valence-corrected chi connectivity index (χ4v) is 0.969. The smallest absolute Gasteiger partial charge is 0.102 e. The summed E-state index contributed by atoms with van der Waals surface area (Å²) in [5, 5.41) is 11.8. The minimum atomic E-state index is -0.480. The molecule has 0 saturated carbocycles. The van der Waals surface area contributed by atoms with Crippen molar-refractivity contribution in [3.05, 3.63) is 29.8 Å². The van der Waals surface area contributed by atoms with Crippen LogP contribution >= 0.6 is 0 Å².